The lowest BCUT2D eigenvalue weighted by molar-refractivity contribution is 1.46. The molecule has 0 aromatic heterocycles. The molecule has 0 radical (unpaired) electrons. The maximum Gasteiger partial charge on any atom is -0.0256 e. The van der Waals surface area contributed by atoms with E-state index in [1.807, 2.05) is 73.8 Å². The summed E-state index contributed by atoms with van der Waals surface area (Å²) in [7, 11) is 0. The van der Waals surface area contributed by atoms with Gasteiger partial charge in [-0.3, -0.25) is 0 Å². The number of rotatable bonds is 6. The lowest BCUT2D eigenvalue weighted by Crippen LogP contribution is -1.72. The summed E-state index contributed by atoms with van der Waals surface area (Å²) in [5, 5.41) is 0. The van der Waals surface area contributed by atoms with Crippen LogP contribution in [0.4, 0.5) is 0 Å². The molecular weight excluding hydrogens is 240 g/mol. The Kier molecular flexibility index (Phi) is 8.31. The molecule has 0 aliphatic heterocycles. The van der Waals surface area contributed by atoms with Gasteiger partial charge in [-0.1, -0.05) is 103 Å². The van der Waals surface area contributed by atoms with Gasteiger partial charge in [0.05, 0.1) is 0 Å². The monoisotopic (exact) mass is 262 g/mol. The quantitative estimate of drug-likeness (QED) is 0.567. The first-order chi connectivity index (χ1) is 9.83. The van der Waals surface area contributed by atoms with Gasteiger partial charge in [-0.2, -0.15) is 0 Å². The van der Waals surface area contributed by atoms with Crippen LogP contribution in [0.3, 0.4) is 0 Å². The molecule has 0 heteroatoms. The Hall–Kier alpha value is -2.34. The van der Waals surface area contributed by atoms with Gasteiger partial charge in [0.15, 0.2) is 0 Å². The Morgan fingerprint density at radius 3 is 1.55 bits per heavy atom. The maximum absolute atomic E-state index is 2.12. The first kappa shape index (κ1) is 15.7. The minimum absolute atomic E-state index is 1.22. The van der Waals surface area contributed by atoms with Gasteiger partial charge in [0, 0.05) is 0 Å². The number of benzene rings is 1. The molecule has 0 aliphatic rings. The zero-order valence-electron chi connectivity index (χ0n) is 12.2. The van der Waals surface area contributed by atoms with E-state index in [-0.39, 0.29) is 0 Å². The van der Waals surface area contributed by atoms with E-state index in [2.05, 4.69) is 37.3 Å². The molecule has 0 heterocycles. The lowest BCUT2D eigenvalue weighted by atomic mass is 10.1. The van der Waals surface area contributed by atoms with E-state index < -0.39 is 0 Å². The smallest absolute Gasteiger partial charge is 0.0256 e. The maximum atomic E-state index is 2.12. The molecule has 1 rings (SSSR count). The van der Waals surface area contributed by atoms with E-state index in [4.69, 9.17) is 0 Å². The molecule has 0 saturated heterocycles. The molecule has 0 aliphatic carbocycles. The van der Waals surface area contributed by atoms with E-state index in [0.29, 0.717) is 0 Å². The van der Waals surface area contributed by atoms with Crippen molar-refractivity contribution in [2.45, 2.75) is 13.8 Å². The topological polar surface area (TPSA) is 0 Å². The van der Waals surface area contributed by atoms with Crippen molar-refractivity contribution in [3.63, 3.8) is 0 Å². The zero-order valence-corrected chi connectivity index (χ0v) is 12.2. The molecule has 0 bridgehead atoms. The van der Waals surface area contributed by atoms with Gasteiger partial charge in [-0.15, -0.1) is 0 Å². The van der Waals surface area contributed by atoms with Crippen molar-refractivity contribution in [3.8, 4) is 0 Å². The van der Waals surface area contributed by atoms with E-state index in [1.54, 1.807) is 0 Å². The summed E-state index contributed by atoms with van der Waals surface area (Å²) >= 11 is 0. The van der Waals surface area contributed by atoms with Crippen LogP contribution in [0.5, 0.6) is 0 Å². The number of hydrogen-bond donors (Lipinski definition) is 0. The standard InChI is InChI=1S/C20H22/c1-3-4-5-6-7-8-9-10-11-12-13-14-20-17-15-19(2)16-18-20/h3-18H,1-2H3/b4-3+,6-5-,8-7-,10-9+,12-11-,14-13-. The number of aryl methyl sites for hydroxylation is 1. The Bertz CT molecular complexity index is 532. The molecule has 0 nitrogen and oxygen atoms in total. The third-order valence-electron chi connectivity index (χ3n) is 2.56. The molecule has 0 atom stereocenters. The van der Waals surface area contributed by atoms with Crippen molar-refractivity contribution in [3.05, 3.63) is 102 Å². The summed E-state index contributed by atoms with van der Waals surface area (Å²) in [5.41, 5.74) is 2.51. The van der Waals surface area contributed by atoms with Crippen molar-refractivity contribution in [1.29, 1.82) is 0 Å². The summed E-state index contributed by atoms with van der Waals surface area (Å²) < 4.78 is 0. The molecule has 0 saturated carbocycles. The average molecular weight is 262 g/mol. The van der Waals surface area contributed by atoms with Gasteiger partial charge in [-0.25, -0.2) is 0 Å². The second-order valence-electron chi connectivity index (χ2n) is 4.34. The molecule has 0 amide bonds. The second kappa shape index (κ2) is 10.6. The number of hydrogen-bond acceptors (Lipinski definition) is 0. The summed E-state index contributed by atoms with van der Waals surface area (Å²) in [4.78, 5) is 0. The highest BCUT2D eigenvalue weighted by molar-refractivity contribution is 5.51. The Balaban J connectivity index is 2.32. The fourth-order valence-corrected chi connectivity index (χ4v) is 1.47. The van der Waals surface area contributed by atoms with Gasteiger partial charge in [0.1, 0.15) is 0 Å². The van der Waals surface area contributed by atoms with E-state index >= 15 is 0 Å². The van der Waals surface area contributed by atoms with Crippen LogP contribution in [0, 0.1) is 6.92 Å². The fraction of sp³-hybridized carbons (Fsp3) is 0.100. The van der Waals surface area contributed by atoms with Crippen LogP contribution in [0.2, 0.25) is 0 Å². The number of allylic oxidation sites excluding steroid dienone is 11. The van der Waals surface area contributed by atoms with Gasteiger partial charge >= 0.3 is 0 Å². The van der Waals surface area contributed by atoms with Gasteiger partial charge in [0.2, 0.25) is 0 Å². The predicted molar refractivity (Wildman–Crippen MR) is 91.6 cm³/mol. The summed E-state index contributed by atoms with van der Waals surface area (Å²) in [6, 6.07) is 8.48. The van der Waals surface area contributed by atoms with Crippen LogP contribution >= 0.6 is 0 Å². The third kappa shape index (κ3) is 7.88. The van der Waals surface area contributed by atoms with E-state index in [0.717, 1.165) is 0 Å². The van der Waals surface area contributed by atoms with Gasteiger partial charge < -0.3 is 0 Å². The third-order valence-corrected chi connectivity index (χ3v) is 2.56. The summed E-state index contributed by atoms with van der Waals surface area (Å²) in [5.74, 6) is 0. The molecule has 0 unspecified atom stereocenters. The first-order valence-corrected chi connectivity index (χ1v) is 6.85. The largest absolute Gasteiger partial charge is 0.0877 e. The van der Waals surface area contributed by atoms with Crippen LogP contribution < -0.4 is 0 Å². The van der Waals surface area contributed by atoms with Crippen molar-refractivity contribution >= 4 is 6.08 Å². The van der Waals surface area contributed by atoms with Crippen LogP contribution in [0.15, 0.2) is 91.1 Å². The minimum Gasteiger partial charge on any atom is -0.0877 e. The first-order valence-electron chi connectivity index (χ1n) is 6.85. The highest BCUT2D eigenvalue weighted by Crippen LogP contribution is 2.04. The highest BCUT2D eigenvalue weighted by atomic mass is 13.9. The zero-order chi connectivity index (χ0) is 14.5. The predicted octanol–water partition coefficient (Wildman–Crippen LogP) is 5.81. The lowest BCUT2D eigenvalue weighted by Gasteiger charge is -1.92. The van der Waals surface area contributed by atoms with E-state index in [1.165, 1.54) is 11.1 Å². The molecule has 0 N–H and O–H groups in total. The molecular formula is C20H22. The van der Waals surface area contributed by atoms with Crippen molar-refractivity contribution in [2.75, 3.05) is 0 Å². The highest BCUT2D eigenvalue weighted by Gasteiger charge is 1.84. The summed E-state index contributed by atoms with van der Waals surface area (Å²) in [6.07, 6.45) is 24.2. The Morgan fingerprint density at radius 1 is 0.600 bits per heavy atom. The Morgan fingerprint density at radius 2 is 1.05 bits per heavy atom. The molecule has 0 fully saturated rings. The SMILES string of the molecule is C/C=C/C=C\C=C/C=C/C=C\C=C/c1ccc(C)cc1. The van der Waals surface area contributed by atoms with Gasteiger partial charge in [-0.05, 0) is 19.4 Å². The Labute approximate surface area is 122 Å². The van der Waals surface area contributed by atoms with Crippen LogP contribution in [0.25, 0.3) is 6.08 Å². The molecule has 102 valence electrons. The van der Waals surface area contributed by atoms with Crippen molar-refractivity contribution in [2.24, 2.45) is 0 Å². The molecule has 1 aromatic rings. The summed E-state index contributed by atoms with van der Waals surface area (Å²) in [6.45, 7) is 4.10. The van der Waals surface area contributed by atoms with Crippen LogP contribution in [-0.4, -0.2) is 0 Å². The van der Waals surface area contributed by atoms with Crippen LogP contribution in [0.1, 0.15) is 18.1 Å². The van der Waals surface area contributed by atoms with Crippen molar-refractivity contribution < 1.29 is 0 Å². The van der Waals surface area contributed by atoms with E-state index in [9.17, 15) is 0 Å². The molecule has 0 spiro atoms. The van der Waals surface area contributed by atoms with Gasteiger partial charge in [0.25, 0.3) is 0 Å². The molecule has 1 aromatic carbocycles. The fourth-order valence-electron chi connectivity index (χ4n) is 1.47. The average Bonchev–Trinajstić information content (AvgIpc) is 2.47. The normalized spacial score (nSPS) is 13.3. The molecule has 20 heavy (non-hydrogen) atoms. The van der Waals surface area contributed by atoms with Crippen LogP contribution in [-0.2, 0) is 0 Å². The van der Waals surface area contributed by atoms with Crippen molar-refractivity contribution in [1.82, 2.24) is 0 Å². The second-order valence-corrected chi connectivity index (χ2v) is 4.34. The minimum atomic E-state index is 1.22.